The molecule has 108 valence electrons. The molecule has 19 heavy (non-hydrogen) atoms. The molecule has 0 bridgehead atoms. The summed E-state index contributed by atoms with van der Waals surface area (Å²) in [5, 5.41) is 0. The van der Waals surface area contributed by atoms with Gasteiger partial charge in [0.1, 0.15) is 18.2 Å². The maximum absolute atomic E-state index is 13.2. The van der Waals surface area contributed by atoms with Gasteiger partial charge in [-0.25, -0.2) is 4.39 Å². The highest BCUT2D eigenvalue weighted by atomic mass is 19.1. The van der Waals surface area contributed by atoms with Crippen LogP contribution in [-0.2, 0) is 4.74 Å². The third-order valence-corrected chi connectivity index (χ3v) is 2.79. The number of hydrogen-bond donors (Lipinski definition) is 1. The van der Waals surface area contributed by atoms with Gasteiger partial charge in [-0.15, -0.1) is 0 Å². The lowest BCUT2D eigenvalue weighted by Gasteiger charge is -2.14. The van der Waals surface area contributed by atoms with Crippen LogP contribution in [0.25, 0.3) is 0 Å². The van der Waals surface area contributed by atoms with Crippen molar-refractivity contribution < 1.29 is 13.9 Å². The van der Waals surface area contributed by atoms with E-state index in [1.807, 2.05) is 6.92 Å². The first-order chi connectivity index (χ1) is 9.00. The lowest BCUT2D eigenvalue weighted by molar-refractivity contribution is 0.0921. The van der Waals surface area contributed by atoms with Gasteiger partial charge in [0.15, 0.2) is 0 Å². The highest BCUT2D eigenvalue weighted by molar-refractivity contribution is 5.36. The molecule has 4 heteroatoms. The molecule has 0 radical (unpaired) electrons. The van der Waals surface area contributed by atoms with E-state index >= 15 is 0 Å². The molecule has 0 fully saturated rings. The van der Waals surface area contributed by atoms with Crippen molar-refractivity contribution in [3.05, 3.63) is 29.6 Å². The Hall–Kier alpha value is -1.13. The highest BCUT2D eigenvalue weighted by Crippen LogP contribution is 2.24. The second-order valence-electron chi connectivity index (χ2n) is 5.11. The molecule has 1 aromatic rings. The van der Waals surface area contributed by atoms with Gasteiger partial charge >= 0.3 is 0 Å². The lowest BCUT2D eigenvalue weighted by Crippen LogP contribution is -2.12. The summed E-state index contributed by atoms with van der Waals surface area (Å²) in [4.78, 5) is 0. The molecule has 0 spiro atoms. The average Bonchev–Trinajstić information content (AvgIpc) is 2.33. The topological polar surface area (TPSA) is 44.5 Å². The summed E-state index contributed by atoms with van der Waals surface area (Å²) in [5.74, 6) is 0.816. The second kappa shape index (κ2) is 8.12. The molecule has 0 aliphatic carbocycles. The first-order valence-corrected chi connectivity index (χ1v) is 6.76. The van der Waals surface area contributed by atoms with Crippen molar-refractivity contribution in [3.8, 4) is 5.75 Å². The maximum atomic E-state index is 13.2. The highest BCUT2D eigenvalue weighted by Gasteiger charge is 2.09. The molecule has 0 aliphatic rings. The number of ether oxygens (including phenoxy) is 2. The molecule has 0 amide bonds. The SMILES string of the molecule is CC(C)CCOCCOc1cc(F)ccc1C(C)N. The Bertz CT molecular complexity index is 380. The lowest BCUT2D eigenvalue weighted by atomic mass is 10.1. The van der Waals surface area contributed by atoms with Gasteiger partial charge < -0.3 is 15.2 Å². The van der Waals surface area contributed by atoms with Crippen molar-refractivity contribution in [2.75, 3.05) is 19.8 Å². The van der Waals surface area contributed by atoms with E-state index in [0.29, 0.717) is 24.9 Å². The van der Waals surface area contributed by atoms with Gasteiger partial charge in [-0.1, -0.05) is 19.9 Å². The van der Waals surface area contributed by atoms with Gasteiger partial charge in [0, 0.05) is 24.3 Å². The number of benzene rings is 1. The van der Waals surface area contributed by atoms with Gasteiger partial charge in [-0.05, 0) is 25.3 Å². The van der Waals surface area contributed by atoms with E-state index < -0.39 is 0 Å². The predicted molar refractivity (Wildman–Crippen MR) is 74.8 cm³/mol. The normalized spacial score (nSPS) is 12.7. The predicted octanol–water partition coefficient (Wildman–Crippen LogP) is 3.29. The Morgan fingerprint density at radius 1 is 1.16 bits per heavy atom. The summed E-state index contributed by atoms with van der Waals surface area (Å²) in [7, 11) is 0. The molecule has 1 aromatic carbocycles. The summed E-state index contributed by atoms with van der Waals surface area (Å²) < 4.78 is 24.2. The quantitative estimate of drug-likeness (QED) is 0.736. The van der Waals surface area contributed by atoms with Crippen molar-refractivity contribution in [1.82, 2.24) is 0 Å². The van der Waals surface area contributed by atoms with E-state index in [1.165, 1.54) is 12.1 Å². The Morgan fingerprint density at radius 3 is 2.53 bits per heavy atom. The zero-order chi connectivity index (χ0) is 14.3. The fourth-order valence-electron chi connectivity index (χ4n) is 1.64. The molecule has 1 atom stereocenters. The van der Waals surface area contributed by atoms with E-state index in [0.717, 1.165) is 18.6 Å². The van der Waals surface area contributed by atoms with E-state index in [9.17, 15) is 4.39 Å². The average molecular weight is 269 g/mol. The Balaban J connectivity index is 2.38. The summed E-state index contributed by atoms with van der Waals surface area (Å²) in [6, 6.07) is 4.24. The molecule has 0 saturated heterocycles. The van der Waals surface area contributed by atoms with Crippen molar-refractivity contribution >= 4 is 0 Å². The second-order valence-corrected chi connectivity index (χ2v) is 5.11. The van der Waals surface area contributed by atoms with E-state index in [-0.39, 0.29) is 11.9 Å². The molecule has 0 saturated carbocycles. The van der Waals surface area contributed by atoms with E-state index in [4.69, 9.17) is 15.2 Å². The molecule has 0 aliphatic heterocycles. The van der Waals surface area contributed by atoms with Crippen LogP contribution in [0.5, 0.6) is 5.75 Å². The number of rotatable bonds is 8. The third kappa shape index (κ3) is 6.03. The van der Waals surface area contributed by atoms with Crippen molar-refractivity contribution in [2.45, 2.75) is 33.2 Å². The van der Waals surface area contributed by atoms with Crippen LogP contribution in [0.15, 0.2) is 18.2 Å². The fourth-order valence-corrected chi connectivity index (χ4v) is 1.64. The van der Waals surface area contributed by atoms with Crippen LogP contribution in [0, 0.1) is 11.7 Å². The minimum atomic E-state index is -0.319. The smallest absolute Gasteiger partial charge is 0.127 e. The van der Waals surface area contributed by atoms with Gasteiger partial charge in [0.05, 0.1) is 6.61 Å². The van der Waals surface area contributed by atoms with Crippen LogP contribution >= 0.6 is 0 Å². The standard InChI is InChI=1S/C15H24FNO2/c1-11(2)6-7-18-8-9-19-15-10-13(16)4-5-14(15)12(3)17/h4-5,10-12H,6-9,17H2,1-3H3. The Labute approximate surface area is 114 Å². The van der Waals surface area contributed by atoms with Gasteiger partial charge in [0.25, 0.3) is 0 Å². The van der Waals surface area contributed by atoms with Crippen molar-refractivity contribution in [1.29, 1.82) is 0 Å². The van der Waals surface area contributed by atoms with Gasteiger partial charge in [0.2, 0.25) is 0 Å². The number of hydrogen-bond acceptors (Lipinski definition) is 3. The Morgan fingerprint density at radius 2 is 1.89 bits per heavy atom. The monoisotopic (exact) mass is 269 g/mol. The van der Waals surface area contributed by atoms with Crippen LogP contribution in [0.1, 0.15) is 38.8 Å². The maximum Gasteiger partial charge on any atom is 0.127 e. The molecule has 1 rings (SSSR count). The molecule has 0 heterocycles. The molecular formula is C15H24FNO2. The third-order valence-electron chi connectivity index (χ3n) is 2.79. The van der Waals surface area contributed by atoms with Crippen LogP contribution < -0.4 is 10.5 Å². The largest absolute Gasteiger partial charge is 0.491 e. The fraction of sp³-hybridized carbons (Fsp3) is 0.600. The van der Waals surface area contributed by atoms with Crippen LogP contribution in [0.2, 0.25) is 0 Å². The molecular weight excluding hydrogens is 245 g/mol. The van der Waals surface area contributed by atoms with Crippen LogP contribution in [0.4, 0.5) is 4.39 Å². The van der Waals surface area contributed by atoms with Crippen molar-refractivity contribution in [2.24, 2.45) is 11.7 Å². The number of nitrogens with two attached hydrogens (primary N) is 1. The van der Waals surface area contributed by atoms with E-state index in [1.54, 1.807) is 6.07 Å². The Kier molecular flexibility index (Phi) is 6.81. The van der Waals surface area contributed by atoms with Crippen LogP contribution in [0.3, 0.4) is 0 Å². The number of halogens is 1. The summed E-state index contributed by atoms with van der Waals surface area (Å²) in [5.41, 5.74) is 6.62. The molecule has 0 aromatic heterocycles. The van der Waals surface area contributed by atoms with Crippen molar-refractivity contribution in [3.63, 3.8) is 0 Å². The van der Waals surface area contributed by atoms with Gasteiger partial charge in [-0.2, -0.15) is 0 Å². The summed E-state index contributed by atoms with van der Waals surface area (Å²) in [6.07, 6.45) is 1.03. The zero-order valence-electron chi connectivity index (χ0n) is 12.0. The first kappa shape index (κ1) is 15.9. The first-order valence-electron chi connectivity index (χ1n) is 6.76. The molecule has 2 N–H and O–H groups in total. The summed E-state index contributed by atoms with van der Waals surface area (Å²) >= 11 is 0. The van der Waals surface area contributed by atoms with Crippen LogP contribution in [-0.4, -0.2) is 19.8 Å². The molecule has 1 unspecified atom stereocenters. The zero-order valence-corrected chi connectivity index (χ0v) is 12.0. The molecule has 3 nitrogen and oxygen atoms in total. The van der Waals surface area contributed by atoms with E-state index in [2.05, 4.69) is 13.8 Å². The minimum absolute atomic E-state index is 0.183. The van der Waals surface area contributed by atoms with Gasteiger partial charge in [-0.3, -0.25) is 0 Å². The summed E-state index contributed by atoms with van der Waals surface area (Å²) in [6.45, 7) is 7.79. The minimum Gasteiger partial charge on any atom is -0.491 e.